The molecule has 0 saturated heterocycles. The lowest BCUT2D eigenvalue weighted by Gasteiger charge is -2.22. The number of pyridine rings is 1. The maximum Gasteiger partial charge on any atom is 0.129 e. The Bertz CT molecular complexity index is 380. The Morgan fingerprint density at radius 2 is 2.17 bits per heavy atom. The fourth-order valence-electron chi connectivity index (χ4n) is 1.85. The van der Waals surface area contributed by atoms with Crippen LogP contribution in [0.3, 0.4) is 0 Å². The molecule has 0 aliphatic rings. The number of anilines is 1. The molecule has 2 N–H and O–H groups in total. The summed E-state index contributed by atoms with van der Waals surface area (Å²) in [5.41, 5.74) is 1.83. The Labute approximate surface area is 109 Å². The van der Waals surface area contributed by atoms with Crippen LogP contribution in [-0.4, -0.2) is 34.9 Å². The molecule has 0 aromatic carbocycles. The second kappa shape index (κ2) is 7.84. The molecule has 4 heteroatoms. The third kappa shape index (κ3) is 4.13. The molecule has 0 spiro atoms. The molecule has 18 heavy (non-hydrogen) atoms. The zero-order valence-corrected chi connectivity index (χ0v) is 11.0. The highest BCUT2D eigenvalue weighted by Gasteiger charge is 2.08. The fraction of sp³-hybridized carbons (Fsp3) is 0.500. The van der Waals surface area contributed by atoms with Crippen LogP contribution in [0.4, 0.5) is 5.82 Å². The molecule has 0 fully saturated rings. The van der Waals surface area contributed by atoms with Crippen molar-refractivity contribution in [2.75, 3.05) is 24.6 Å². The Morgan fingerprint density at radius 3 is 2.72 bits per heavy atom. The number of aryl methyl sites for hydroxylation is 1. The quantitative estimate of drug-likeness (QED) is 0.687. The minimum absolute atomic E-state index is 0.00723. The molecule has 0 amide bonds. The van der Waals surface area contributed by atoms with Gasteiger partial charge in [0.2, 0.25) is 0 Å². The van der Waals surface area contributed by atoms with Crippen LogP contribution in [0.15, 0.2) is 24.8 Å². The normalized spacial score (nSPS) is 10.4. The van der Waals surface area contributed by atoms with E-state index in [2.05, 4.69) is 18.5 Å². The van der Waals surface area contributed by atoms with E-state index in [1.165, 1.54) is 0 Å². The van der Waals surface area contributed by atoms with Gasteiger partial charge in [-0.15, -0.1) is 6.58 Å². The molecular formula is C14H22N2O2. The van der Waals surface area contributed by atoms with E-state index in [1.807, 2.05) is 17.0 Å². The number of aromatic nitrogens is 1. The van der Waals surface area contributed by atoms with Gasteiger partial charge >= 0.3 is 0 Å². The first-order chi connectivity index (χ1) is 8.74. The lowest BCUT2D eigenvalue weighted by Crippen LogP contribution is -2.28. The smallest absolute Gasteiger partial charge is 0.129 e. The number of rotatable bonds is 8. The maximum atomic E-state index is 9.28. The third-order valence-electron chi connectivity index (χ3n) is 2.66. The second-order valence-corrected chi connectivity index (χ2v) is 4.19. The Kier molecular flexibility index (Phi) is 6.39. The topological polar surface area (TPSA) is 56.6 Å². The van der Waals surface area contributed by atoms with Crippen LogP contribution >= 0.6 is 0 Å². The van der Waals surface area contributed by atoms with Crippen LogP contribution < -0.4 is 4.90 Å². The van der Waals surface area contributed by atoms with Crippen molar-refractivity contribution in [3.05, 3.63) is 36.0 Å². The van der Waals surface area contributed by atoms with E-state index >= 15 is 0 Å². The van der Waals surface area contributed by atoms with Gasteiger partial charge in [0.15, 0.2) is 0 Å². The van der Waals surface area contributed by atoms with E-state index < -0.39 is 0 Å². The van der Waals surface area contributed by atoms with Gasteiger partial charge < -0.3 is 15.1 Å². The van der Waals surface area contributed by atoms with Crippen molar-refractivity contribution in [3.63, 3.8) is 0 Å². The van der Waals surface area contributed by atoms with Crippen molar-refractivity contribution < 1.29 is 10.2 Å². The SMILES string of the molecule is C=CCN(CCO)c1cc(CO)cc(CCC)n1. The number of hydrogen-bond acceptors (Lipinski definition) is 4. The van der Waals surface area contributed by atoms with Crippen LogP contribution in [-0.2, 0) is 13.0 Å². The largest absolute Gasteiger partial charge is 0.395 e. The van der Waals surface area contributed by atoms with Gasteiger partial charge in [0.1, 0.15) is 5.82 Å². The Morgan fingerprint density at radius 1 is 1.39 bits per heavy atom. The van der Waals surface area contributed by atoms with Crippen LogP contribution in [0.5, 0.6) is 0 Å². The van der Waals surface area contributed by atoms with Gasteiger partial charge in [-0.3, -0.25) is 0 Å². The molecule has 4 nitrogen and oxygen atoms in total. The Balaban J connectivity index is 3.02. The second-order valence-electron chi connectivity index (χ2n) is 4.19. The molecule has 0 bridgehead atoms. The number of hydrogen-bond donors (Lipinski definition) is 2. The maximum absolute atomic E-state index is 9.28. The van der Waals surface area contributed by atoms with Crippen LogP contribution in [0.1, 0.15) is 24.6 Å². The molecule has 0 radical (unpaired) electrons. The van der Waals surface area contributed by atoms with Crippen molar-refractivity contribution in [2.45, 2.75) is 26.4 Å². The summed E-state index contributed by atoms with van der Waals surface area (Å²) in [6, 6.07) is 3.79. The summed E-state index contributed by atoms with van der Waals surface area (Å²) in [6.45, 7) is 7.03. The molecule has 1 heterocycles. The molecule has 0 atom stereocenters. The lowest BCUT2D eigenvalue weighted by atomic mass is 10.1. The highest BCUT2D eigenvalue weighted by molar-refractivity contribution is 5.43. The first-order valence-corrected chi connectivity index (χ1v) is 6.32. The Hall–Kier alpha value is -1.39. The summed E-state index contributed by atoms with van der Waals surface area (Å²) in [5.74, 6) is 0.791. The standard InChI is InChI=1S/C14H22N2O2/c1-3-5-13-9-12(11-18)10-14(15-13)16(6-4-2)7-8-17/h4,9-10,17-18H,2-3,5-8,11H2,1H3. The minimum Gasteiger partial charge on any atom is -0.395 e. The predicted molar refractivity (Wildman–Crippen MR) is 73.7 cm³/mol. The fourth-order valence-corrected chi connectivity index (χ4v) is 1.85. The summed E-state index contributed by atoms with van der Waals surface area (Å²) in [4.78, 5) is 6.51. The zero-order chi connectivity index (χ0) is 13.4. The highest BCUT2D eigenvalue weighted by Crippen LogP contribution is 2.16. The van der Waals surface area contributed by atoms with Gasteiger partial charge in [0, 0.05) is 18.8 Å². The van der Waals surface area contributed by atoms with Gasteiger partial charge in [0.25, 0.3) is 0 Å². The molecule has 100 valence electrons. The average molecular weight is 250 g/mol. The van der Waals surface area contributed by atoms with Crippen LogP contribution in [0.25, 0.3) is 0 Å². The highest BCUT2D eigenvalue weighted by atomic mass is 16.3. The molecule has 1 aromatic heterocycles. The van der Waals surface area contributed by atoms with Crippen molar-refractivity contribution >= 4 is 5.82 Å². The zero-order valence-electron chi connectivity index (χ0n) is 11.0. The summed E-state index contributed by atoms with van der Waals surface area (Å²) < 4.78 is 0. The van der Waals surface area contributed by atoms with Crippen molar-refractivity contribution in [2.24, 2.45) is 0 Å². The molecule has 0 aliphatic heterocycles. The minimum atomic E-state index is 0.00723. The summed E-state index contributed by atoms with van der Waals surface area (Å²) in [6.07, 6.45) is 3.69. The van der Waals surface area contributed by atoms with E-state index in [0.29, 0.717) is 13.1 Å². The summed E-state index contributed by atoms with van der Waals surface area (Å²) in [7, 11) is 0. The number of aliphatic hydroxyl groups excluding tert-OH is 2. The monoisotopic (exact) mass is 250 g/mol. The molecule has 1 aromatic rings. The van der Waals surface area contributed by atoms with Gasteiger partial charge in [-0.25, -0.2) is 4.98 Å². The molecule has 1 rings (SSSR count). The van der Waals surface area contributed by atoms with Crippen molar-refractivity contribution in [1.29, 1.82) is 0 Å². The van der Waals surface area contributed by atoms with E-state index in [4.69, 9.17) is 5.11 Å². The van der Waals surface area contributed by atoms with Gasteiger partial charge in [-0.05, 0) is 24.1 Å². The van der Waals surface area contributed by atoms with Crippen molar-refractivity contribution in [1.82, 2.24) is 4.98 Å². The number of aliphatic hydroxyl groups is 2. The molecule has 0 saturated carbocycles. The van der Waals surface area contributed by atoms with Crippen LogP contribution in [0.2, 0.25) is 0 Å². The van der Waals surface area contributed by atoms with E-state index in [0.717, 1.165) is 29.9 Å². The van der Waals surface area contributed by atoms with Crippen molar-refractivity contribution in [3.8, 4) is 0 Å². The van der Waals surface area contributed by atoms with Crippen LogP contribution in [0, 0.1) is 0 Å². The first-order valence-electron chi connectivity index (χ1n) is 6.32. The molecule has 0 aliphatic carbocycles. The third-order valence-corrected chi connectivity index (χ3v) is 2.66. The van der Waals surface area contributed by atoms with E-state index in [-0.39, 0.29) is 13.2 Å². The van der Waals surface area contributed by atoms with Gasteiger partial charge in [-0.1, -0.05) is 19.4 Å². The average Bonchev–Trinajstić information content (AvgIpc) is 2.38. The number of nitrogens with zero attached hydrogens (tertiary/aromatic N) is 2. The van der Waals surface area contributed by atoms with Gasteiger partial charge in [-0.2, -0.15) is 0 Å². The predicted octanol–water partition coefficient (Wildman–Crippen LogP) is 1.51. The van der Waals surface area contributed by atoms with Gasteiger partial charge in [0.05, 0.1) is 13.2 Å². The van der Waals surface area contributed by atoms with E-state index in [1.54, 1.807) is 6.08 Å². The van der Waals surface area contributed by atoms with E-state index in [9.17, 15) is 5.11 Å². The summed E-state index contributed by atoms with van der Waals surface area (Å²) in [5, 5.41) is 18.4. The lowest BCUT2D eigenvalue weighted by molar-refractivity contribution is 0.281. The molecule has 0 unspecified atom stereocenters. The summed E-state index contributed by atoms with van der Waals surface area (Å²) >= 11 is 0. The molecular weight excluding hydrogens is 228 g/mol. The first kappa shape index (κ1) is 14.7.